The normalized spacial score (nSPS) is 11.3. The number of nitrogen functional groups attached to an aromatic ring is 1. The van der Waals surface area contributed by atoms with E-state index < -0.39 is 12.5 Å². The summed E-state index contributed by atoms with van der Waals surface area (Å²) >= 11 is 0. The molecule has 100 valence electrons. The van der Waals surface area contributed by atoms with E-state index in [1.165, 1.54) is 17.0 Å². The van der Waals surface area contributed by atoms with E-state index in [9.17, 15) is 8.78 Å². The molecule has 0 spiro atoms. The molecule has 19 heavy (non-hydrogen) atoms. The number of likely N-dealkylation sites (N-methyl/N-ethyl adjacent to an activating group) is 1. The molecular weight excluding hydrogens is 246 g/mol. The van der Waals surface area contributed by atoms with Crippen molar-refractivity contribution >= 4 is 11.4 Å². The molecule has 0 aliphatic rings. The van der Waals surface area contributed by atoms with Gasteiger partial charge in [-0.3, -0.25) is 0 Å². The van der Waals surface area contributed by atoms with Crippen LogP contribution in [0.25, 0.3) is 0 Å². The molecule has 0 aliphatic carbocycles. The SMILES string of the molecule is CN(CC(F)(F)c1ccccc1)c1ccccc1N. The second-order valence-electron chi connectivity index (χ2n) is 4.49. The van der Waals surface area contributed by atoms with Gasteiger partial charge < -0.3 is 10.6 Å². The Bertz CT molecular complexity index is 541. The number of hydrogen-bond acceptors (Lipinski definition) is 2. The number of rotatable bonds is 4. The largest absolute Gasteiger partial charge is 0.397 e. The van der Waals surface area contributed by atoms with Crippen LogP contribution in [0.3, 0.4) is 0 Å². The maximum atomic E-state index is 14.1. The first kappa shape index (κ1) is 13.3. The number of halogens is 2. The minimum atomic E-state index is -2.92. The zero-order chi connectivity index (χ0) is 13.9. The van der Waals surface area contributed by atoms with Gasteiger partial charge in [-0.05, 0) is 12.1 Å². The fourth-order valence-corrected chi connectivity index (χ4v) is 1.99. The first-order chi connectivity index (χ1) is 9.00. The Hall–Kier alpha value is -2.10. The van der Waals surface area contributed by atoms with Gasteiger partial charge in [-0.25, -0.2) is 0 Å². The predicted molar refractivity (Wildman–Crippen MR) is 74.5 cm³/mol. The highest BCUT2D eigenvalue weighted by Gasteiger charge is 2.33. The van der Waals surface area contributed by atoms with Gasteiger partial charge >= 0.3 is 0 Å². The third-order valence-corrected chi connectivity index (χ3v) is 2.98. The minimum absolute atomic E-state index is 0.0105. The molecule has 2 rings (SSSR count). The summed E-state index contributed by atoms with van der Waals surface area (Å²) in [6, 6.07) is 14.8. The second-order valence-corrected chi connectivity index (χ2v) is 4.49. The van der Waals surface area contributed by atoms with Gasteiger partial charge in [0.2, 0.25) is 0 Å². The first-order valence-corrected chi connectivity index (χ1v) is 6.00. The van der Waals surface area contributed by atoms with E-state index in [0.717, 1.165) is 0 Å². The molecule has 2 nitrogen and oxygen atoms in total. The summed E-state index contributed by atoms with van der Waals surface area (Å²) in [5.74, 6) is -2.92. The highest BCUT2D eigenvalue weighted by atomic mass is 19.3. The van der Waals surface area contributed by atoms with Crippen LogP contribution in [0.15, 0.2) is 54.6 Å². The molecule has 0 fully saturated rings. The number of nitrogens with two attached hydrogens (primary N) is 1. The van der Waals surface area contributed by atoms with Gasteiger partial charge in [0.05, 0.1) is 17.9 Å². The zero-order valence-electron chi connectivity index (χ0n) is 10.7. The van der Waals surface area contributed by atoms with Crippen LogP contribution in [0.1, 0.15) is 5.56 Å². The lowest BCUT2D eigenvalue weighted by Gasteiger charge is -2.26. The summed E-state index contributed by atoms with van der Waals surface area (Å²) in [5, 5.41) is 0. The van der Waals surface area contributed by atoms with Crippen LogP contribution in [0, 0.1) is 0 Å². The maximum absolute atomic E-state index is 14.1. The van der Waals surface area contributed by atoms with E-state index in [4.69, 9.17) is 5.73 Å². The molecule has 0 bridgehead atoms. The van der Waals surface area contributed by atoms with E-state index in [1.54, 1.807) is 49.5 Å². The van der Waals surface area contributed by atoms with Crippen molar-refractivity contribution in [1.29, 1.82) is 0 Å². The monoisotopic (exact) mass is 262 g/mol. The predicted octanol–water partition coefficient (Wildman–Crippen LogP) is 3.50. The molecule has 2 aromatic carbocycles. The van der Waals surface area contributed by atoms with Crippen LogP contribution in [0.4, 0.5) is 20.2 Å². The third-order valence-electron chi connectivity index (χ3n) is 2.98. The summed E-state index contributed by atoms with van der Waals surface area (Å²) in [5.41, 5.74) is 6.91. The number of hydrogen-bond donors (Lipinski definition) is 1. The zero-order valence-corrected chi connectivity index (χ0v) is 10.7. The molecule has 2 N–H and O–H groups in total. The highest BCUT2D eigenvalue weighted by molar-refractivity contribution is 5.67. The molecule has 0 heterocycles. The van der Waals surface area contributed by atoms with Gasteiger partial charge in [-0.2, -0.15) is 8.78 Å². The molecule has 0 saturated heterocycles. The van der Waals surface area contributed by atoms with Gasteiger partial charge in [-0.1, -0.05) is 42.5 Å². The Kier molecular flexibility index (Phi) is 3.69. The van der Waals surface area contributed by atoms with Gasteiger partial charge in [0.1, 0.15) is 0 Å². The van der Waals surface area contributed by atoms with Gasteiger partial charge in [-0.15, -0.1) is 0 Å². The number of nitrogens with zero attached hydrogens (tertiary/aromatic N) is 1. The van der Waals surface area contributed by atoms with Crippen molar-refractivity contribution in [2.45, 2.75) is 5.92 Å². The maximum Gasteiger partial charge on any atom is 0.290 e. The molecule has 2 aromatic rings. The molecule has 0 radical (unpaired) electrons. The molecule has 0 saturated carbocycles. The lowest BCUT2D eigenvalue weighted by Crippen LogP contribution is -2.32. The van der Waals surface area contributed by atoms with Crippen molar-refractivity contribution < 1.29 is 8.78 Å². The van der Waals surface area contributed by atoms with Crippen LogP contribution in [0.2, 0.25) is 0 Å². The van der Waals surface area contributed by atoms with Crippen molar-refractivity contribution in [3.05, 3.63) is 60.2 Å². The van der Waals surface area contributed by atoms with Gasteiger partial charge in [0.25, 0.3) is 5.92 Å². The third kappa shape index (κ3) is 3.02. The summed E-state index contributed by atoms with van der Waals surface area (Å²) in [6.45, 7) is -0.411. The standard InChI is InChI=1S/C15H16F2N2/c1-19(14-10-6-5-9-13(14)18)11-15(16,17)12-7-3-2-4-8-12/h2-10H,11,18H2,1H3. The Morgan fingerprint density at radius 3 is 2.21 bits per heavy atom. The van der Waals surface area contributed by atoms with Gasteiger partial charge in [0.15, 0.2) is 0 Å². The lowest BCUT2D eigenvalue weighted by molar-refractivity contribution is 0.00502. The highest BCUT2D eigenvalue weighted by Crippen LogP contribution is 2.31. The quantitative estimate of drug-likeness (QED) is 0.854. The van der Waals surface area contributed by atoms with E-state index in [1.807, 2.05) is 0 Å². The molecule has 0 unspecified atom stereocenters. The molecule has 0 amide bonds. The van der Waals surface area contributed by atoms with E-state index in [0.29, 0.717) is 11.4 Å². The van der Waals surface area contributed by atoms with Crippen LogP contribution in [-0.2, 0) is 5.92 Å². The lowest BCUT2D eigenvalue weighted by atomic mass is 10.1. The second kappa shape index (κ2) is 5.26. The molecule has 0 aliphatic heterocycles. The van der Waals surface area contributed by atoms with Crippen LogP contribution in [-0.4, -0.2) is 13.6 Å². The summed E-state index contributed by atoms with van der Waals surface area (Å²) < 4.78 is 28.3. The molecule has 0 aromatic heterocycles. The Morgan fingerprint density at radius 2 is 1.58 bits per heavy atom. The van der Waals surface area contributed by atoms with Crippen molar-refractivity contribution in [2.75, 3.05) is 24.2 Å². The summed E-state index contributed by atoms with van der Waals surface area (Å²) in [4.78, 5) is 1.47. The van der Waals surface area contributed by atoms with Crippen molar-refractivity contribution in [1.82, 2.24) is 0 Å². The average molecular weight is 262 g/mol. The Balaban J connectivity index is 2.19. The smallest absolute Gasteiger partial charge is 0.290 e. The Morgan fingerprint density at radius 1 is 1.00 bits per heavy atom. The number of benzene rings is 2. The van der Waals surface area contributed by atoms with Crippen LogP contribution < -0.4 is 10.6 Å². The molecule has 0 atom stereocenters. The fourth-order valence-electron chi connectivity index (χ4n) is 1.99. The fraction of sp³-hybridized carbons (Fsp3) is 0.200. The number of anilines is 2. The van der Waals surface area contributed by atoms with Crippen LogP contribution in [0.5, 0.6) is 0 Å². The Labute approximate surface area is 111 Å². The molecular formula is C15H16F2N2. The van der Waals surface area contributed by atoms with Crippen molar-refractivity contribution in [3.63, 3.8) is 0 Å². The minimum Gasteiger partial charge on any atom is -0.397 e. The van der Waals surface area contributed by atoms with Gasteiger partial charge in [0, 0.05) is 12.6 Å². The summed E-state index contributed by atoms with van der Waals surface area (Å²) in [6.07, 6.45) is 0. The number of alkyl halides is 2. The van der Waals surface area contributed by atoms with E-state index in [2.05, 4.69) is 0 Å². The average Bonchev–Trinajstić information content (AvgIpc) is 2.39. The summed E-state index contributed by atoms with van der Waals surface area (Å²) in [7, 11) is 1.61. The number of para-hydroxylation sites is 2. The first-order valence-electron chi connectivity index (χ1n) is 6.00. The van der Waals surface area contributed by atoms with E-state index in [-0.39, 0.29) is 5.56 Å². The molecule has 4 heteroatoms. The van der Waals surface area contributed by atoms with Crippen molar-refractivity contribution in [2.24, 2.45) is 0 Å². The van der Waals surface area contributed by atoms with Crippen LogP contribution >= 0.6 is 0 Å². The van der Waals surface area contributed by atoms with E-state index >= 15 is 0 Å². The van der Waals surface area contributed by atoms with Crippen molar-refractivity contribution in [3.8, 4) is 0 Å². The topological polar surface area (TPSA) is 29.3 Å².